The van der Waals surface area contributed by atoms with Crippen molar-refractivity contribution < 1.29 is 23.1 Å². The van der Waals surface area contributed by atoms with E-state index in [-0.39, 0.29) is 11.7 Å². The van der Waals surface area contributed by atoms with Gasteiger partial charge in [0.15, 0.2) is 0 Å². The Labute approximate surface area is 137 Å². The molecule has 2 amide bonds. The molecule has 0 aliphatic rings. The fourth-order valence-electron chi connectivity index (χ4n) is 2.09. The minimum atomic E-state index is -1.07. The topological polar surface area (TPSA) is 67.4 Å². The molecule has 0 spiro atoms. The lowest BCUT2D eigenvalue weighted by Gasteiger charge is -2.15. The lowest BCUT2D eigenvalue weighted by atomic mass is 10.1. The standard InChI is InChI=1S/C17H16F2N2O3/c1-10(11-6-4-3-5-7-11)20-17(23)21-15-8-12(16(22)24-2)13(18)9-14(15)19/h3-10H,1-2H3,(H2,20,21,23). The highest BCUT2D eigenvalue weighted by Gasteiger charge is 2.18. The number of halogens is 2. The summed E-state index contributed by atoms with van der Waals surface area (Å²) in [4.78, 5) is 23.4. The predicted molar refractivity (Wildman–Crippen MR) is 84.7 cm³/mol. The fourth-order valence-corrected chi connectivity index (χ4v) is 2.09. The Balaban J connectivity index is 2.12. The van der Waals surface area contributed by atoms with Crippen molar-refractivity contribution >= 4 is 17.7 Å². The lowest BCUT2D eigenvalue weighted by Crippen LogP contribution is -2.31. The first-order chi connectivity index (χ1) is 11.4. The Morgan fingerprint density at radius 2 is 1.75 bits per heavy atom. The van der Waals surface area contributed by atoms with Gasteiger partial charge in [0.2, 0.25) is 0 Å². The second kappa shape index (κ2) is 7.54. The summed E-state index contributed by atoms with van der Waals surface area (Å²) in [6, 6.07) is 9.56. The van der Waals surface area contributed by atoms with Crippen molar-refractivity contribution in [2.24, 2.45) is 0 Å². The lowest BCUT2D eigenvalue weighted by molar-refractivity contribution is 0.0595. The fraction of sp³-hybridized carbons (Fsp3) is 0.176. The zero-order valence-electron chi connectivity index (χ0n) is 13.1. The average Bonchev–Trinajstić information content (AvgIpc) is 2.57. The van der Waals surface area contributed by atoms with Crippen molar-refractivity contribution in [3.05, 3.63) is 65.2 Å². The number of carbonyl (C=O) groups is 2. The van der Waals surface area contributed by atoms with Gasteiger partial charge in [-0.2, -0.15) is 0 Å². The number of amides is 2. The first kappa shape index (κ1) is 17.4. The van der Waals surface area contributed by atoms with Crippen LogP contribution in [0, 0.1) is 11.6 Å². The second-order valence-electron chi connectivity index (χ2n) is 5.03. The summed E-state index contributed by atoms with van der Waals surface area (Å²) in [6.45, 7) is 1.76. The van der Waals surface area contributed by atoms with Gasteiger partial charge < -0.3 is 15.4 Å². The number of hydrogen-bond donors (Lipinski definition) is 2. The van der Waals surface area contributed by atoms with Gasteiger partial charge in [0.25, 0.3) is 0 Å². The van der Waals surface area contributed by atoms with Crippen LogP contribution in [-0.2, 0) is 4.74 Å². The molecule has 0 heterocycles. The maximum Gasteiger partial charge on any atom is 0.340 e. The normalized spacial score (nSPS) is 11.5. The molecule has 126 valence electrons. The van der Waals surface area contributed by atoms with Crippen LogP contribution in [0.4, 0.5) is 19.3 Å². The van der Waals surface area contributed by atoms with Crippen LogP contribution in [0.25, 0.3) is 0 Å². The third-order valence-corrected chi connectivity index (χ3v) is 3.36. The molecule has 24 heavy (non-hydrogen) atoms. The van der Waals surface area contributed by atoms with Crippen LogP contribution in [0.15, 0.2) is 42.5 Å². The van der Waals surface area contributed by atoms with E-state index in [0.29, 0.717) is 6.07 Å². The molecule has 2 aromatic rings. The van der Waals surface area contributed by atoms with Gasteiger partial charge in [-0.15, -0.1) is 0 Å². The van der Waals surface area contributed by atoms with Crippen LogP contribution in [-0.4, -0.2) is 19.1 Å². The van der Waals surface area contributed by atoms with Crippen molar-refractivity contribution in [1.29, 1.82) is 0 Å². The average molecular weight is 334 g/mol. The summed E-state index contributed by atoms with van der Waals surface area (Å²) in [5, 5.41) is 4.88. The van der Waals surface area contributed by atoms with Crippen molar-refractivity contribution in [3.8, 4) is 0 Å². The number of anilines is 1. The van der Waals surface area contributed by atoms with Crippen molar-refractivity contribution in [1.82, 2.24) is 5.32 Å². The van der Waals surface area contributed by atoms with E-state index in [4.69, 9.17) is 0 Å². The zero-order chi connectivity index (χ0) is 17.7. The van der Waals surface area contributed by atoms with E-state index in [2.05, 4.69) is 15.4 Å². The van der Waals surface area contributed by atoms with E-state index in [1.54, 1.807) is 6.92 Å². The molecule has 0 radical (unpaired) electrons. The van der Waals surface area contributed by atoms with E-state index in [9.17, 15) is 18.4 Å². The van der Waals surface area contributed by atoms with Gasteiger partial charge in [0.05, 0.1) is 24.4 Å². The number of carbonyl (C=O) groups excluding carboxylic acids is 2. The molecule has 2 rings (SSSR count). The predicted octanol–water partition coefficient (Wildman–Crippen LogP) is 3.63. The zero-order valence-corrected chi connectivity index (χ0v) is 13.1. The molecule has 0 bridgehead atoms. The number of rotatable bonds is 4. The molecule has 0 saturated heterocycles. The molecule has 0 saturated carbocycles. The summed E-state index contributed by atoms with van der Waals surface area (Å²) < 4.78 is 31.8. The largest absolute Gasteiger partial charge is 0.465 e. The summed E-state index contributed by atoms with van der Waals surface area (Å²) in [5.74, 6) is -3.03. The highest BCUT2D eigenvalue weighted by molar-refractivity contribution is 5.94. The van der Waals surface area contributed by atoms with Gasteiger partial charge in [-0.1, -0.05) is 30.3 Å². The summed E-state index contributed by atoms with van der Waals surface area (Å²) >= 11 is 0. The minimum Gasteiger partial charge on any atom is -0.465 e. The maximum atomic E-state index is 13.8. The Hall–Kier alpha value is -2.96. The Kier molecular flexibility index (Phi) is 5.47. The maximum absolute atomic E-state index is 13.8. The molecule has 0 fully saturated rings. The van der Waals surface area contributed by atoms with E-state index < -0.39 is 29.2 Å². The molecule has 1 atom stereocenters. The highest BCUT2D eigenvalue weighted by Crippen LogP contribution is 2.20. The van der Waals surface area contributed by atoms with Gasteiger partial charge in [0, 0.05) is 6.07 Å². The highest BCUT2D eigenvalue weighted by atomic mass is 19.1. The quantitative estimate of drug-likeness (QED) is 0.839. The molecule has 0 aliphatic heterocycles. The van der Waals surface area contributed by atoms with Crippen LogP contribution in [0.5, 0.6) is 0 Å². The summed E-state index contributed by atoms with van der Waals surface area (Å²) in [6.07, 6.45) is 0. The SMILES string of the molecule is COC(=O)c1cc(NC(=O)NC(C)c2ccccc2)c(F)cc1F. The molecule has 7 heteroatoms. The first-order valence-corrected chi connectivity index (χ1v) is 7.12. The molecular weight excluding hydrogens is 318 g/mol. The summed E-state index contributed by atoms with van der Waals surface area (Å²) in [5.41, 5.74) is 0.0716. The number of ether oxygens (including phenoxy) is 1. The van der Waals surface area contributed by atoms with E-state index in [1.165, 1.54) is 0 Å². The van der Waals surface area contributed by atoms with Crippen molar-refractivity contribution in [2.45, 2.75) is 13.0 Å². The van der Waals surface area contributed by atoms with Gasteiger partial charge in [-0.3, -0.25) is 0 Å². The van der Waals surface area contributed by atoms with E-state index in [0.717, 1.165) is 18.7 Å². The molecule has 0 aliphatic carbocycles. The smallest absolute Gasteiger partial charge is 0.340 e. The summed E-state index contributed by atoms with van der Waals surface area (Å²) in [7, 11) is 1.08. The molecule has 0 aromatic heterocycles. The molecule has 2 aromatic carbocycles. The first-order valence-electron chi connectivity index (χ1n) is 7.12. The third kappa shape index (κ3) is 4.07. The van der Waals surface area contributed by atoms with E-state index in [1.807, 2.05) is 30.3 Å². The van der Waals surface area contributed by atoms with Gasteiger partial charge in [-0.05, 0) is 18.6 Å². The monoisotopic (exact) mass is 334 g/mol. The van der Waals surface area contributed by atoms with Crippen molar-refractivity contribution in [3.63, 3.8) is 0 Å². The number of hydrogen-bond acceptors (Lipinski definition) is 3. The van der Waals surface area contributed by atoms with Crippen LogP contribution in [0.3, 0.4) is 0 Å². The van der Waals surface area contributed by atoms with Crippen molar-refractivity contribution in [2.75, 3.05) is 12.4 Å². The van der Waals surface area contributed by atoms with Crippen LogP contribution < -0.4 is 10.6 Å². The number of methoxy groups -OCH3 is 1. The Bertz CT molecular complexity index is 751. The van der Waals surface area contributed by atoms with Gasteiger partial charge >= 0.3 is 12.0 Å². The second-order valence-corrected chi connectivity index (χ2v) is 5.03. The minimum absolute atomic E-state index is 0.324. The number of esters is 1. The molecule has 2 N–H and O–H groups in total. The van der Waals surface area contributed by atoms with Gasteiger partial charge in [-0.25, -0.2) is 18.4 Å². The van der Waals surface area contributed by atoms with Crippen LogP contribution in [0.1, 0.15) is 28.9 Å². The Morgan fingerprint density at radius 3 is 2.38 bits per heavy atom. The van der Waals surface area contributed by atoms with E-state index >= 15 is 0 Å². The van der Waals surface area contributed by atoms with Crippen LogP contribution >= 0.6 is 0 Å². The number of nitrogens with one attached hydrogen (secondary N) is 2. The molecular formula is C17H16F2N2O3. The third-order valence-electron chi connectivity index (χ3n) is 3.36. The Morgan fingerprint density at radius 1 is 1.08 bits per heavy atom. The number of urea groups is 1. The molecule has 1 unspecified atom stereocenters. The molecule has 5 nitrogen and oxygen atoms in total. The van der Waals surface area contributed by atoms with Gasteiger partial charge in [0.1, 0.15) is 11.6 Å². The van der Waals surface area contributed by atoms with Crippen LogP contribution in [0.2, 0.25) is 0 Å². The number of benzene rings is 2.